The summed E-state index contributed by atoms with van der Waals surface area (Å²) in [6, 6.07) is 13.3. The quantitative estimate of drug-likeness (QED) is 0.721. The van der Waals surface area contributed by atoms with Crippen molar-refractivity contribution >= 4 is 23.0 Å². The molecule has 1 aliphatic rings. The van der Waals surface area contributed by atoms with E-state index in [0.717, 1.165) is 32.4 Å². The van der Waals surface area contributed by atoms with Crippen LogP contribution >= 0.6 is 0 Å². The third kappa shape index (κ3) is 3.88. The second-order valence-corrected chi connectivity index (χ2v) is 7.82. The lowest BCUT2D eigenvalue weighted by molar-refractivity contribution is 0.0711. The SMILES string of the molecule is CC(C)c1ccc(NC(=O)c2nc(C(=O)N3CCCCC3)n3ccccc23)cc1. The van der Waals surface area contributed by atoms with Crippen LogP contribution in [0.4, 0.5) is 5.69 Å². The van der Waals surface area contributed by atoms with Crippen LogP contribution in [0.3, 0.4) is 0 Å². The minimum Gasteiger partial charge on any atom is -0.336 e. The maximum absolute atomic E-state index is 13.0. The molecule has 1 N–H and O–H groups in total. The smallest absolute Gasteiger partial charge is 0.290 e. The lowest BCUT2D eigenvalue weighted by Gasteiger charge is -2.25. The predicted octanol–water partition coefficient (Wildman–Crippen LogP) is 4.34. The summed E-state index contributed by atoms with van der Waals surface area (Å²) in [4.78, 5) is 32.3. The molecule has 0 radical (unpaired) electrons. The number of fused-ring (bicyclic) bond motifs is 1. The zero-order valence-corrected chi connectivity index (χ0v) is 16.9. The maximum atomic E-state index is 13.0. The van der Waals surface area contributed by atoms with Gasteiger partial charge in [0.05, 0.1) is 5.52 Å². The van der Waals surface area contributed by atoms with Gasteiger partial charge in [0.2, 0.25) is 5.82 Å². The van der Waals surface area contributed by atoms with Gasteiger partial charge in [0.25, 0.3) is 11.8 Å². The average molecular weight is 390 g/mol. The molecule has 1 fully saturated rings. The molecule has 1 saturated heterocycles. The highest BCUT2D eigenvalue weighted by molar-refractivity contribution is 6.08. The number of amides is 2. The largest absolute Gasteiger partial charge is 0.336 e. The summed E-state index contributed by atoms with van der Waals surface area (Å²) in [7, 11) is 0. The number of nitrogens with zero attached hydrogens (tertiary/aromatic N) is 3. The topological polar surface area (TPSA) is 66.7 Å². The van der Waals surface area contributed by atoms with Crippen LogP contribution in [-0.4, -0.2) is 39.2 Å². The van der Waals surface area contributed by atoms with Gasteiger partial charge in [-0.3, -0.25) is 14.0 Å². The van der Waals surface area contributed by atoms with Crippen LogP contribution in [0.1, 0.15) is 65.7 Å². The van der Waals surface area contributed by atoms with Gasteiger partial charge in [-0.2, -0.15) is 0 Å². The summed E-state index contributed by atoms with van der Waals surface area (Å²) in [6.45, 7) is 5.74. The van der Waals surface area contributed by atoms with Gasteiger partial charge in [0, 0.05) is 25.0 Å². The van der Waals surface area contributed by atoms with E-state index in [9.17, 15) is 9.59 Å². The number of anilines is 1. The second-order valence-electron chi connectivity index (χ2n) is 7.82. The Labute approximate surface area is 170 Å². The minimum absolute atomic E-state index is 0.119. The Balaban J connectivity index is 1.63. The van der Waals surface area contributed by atoms with Crippen molar-refractivity contribution in [3.05, 3.63) is 65.7 Å². The first-order chi connectivity index (χ1) is 14.0. The molecule has 0 atom stereocenters. The maximum Gasteiger partial charge on any atom is 0.290 e. The summed E-state index contributed by atoms with van der Waals surface area (Å²) in [5, 5.41) is 2.91. The normalized spacial score (nSPS) is 14.4. The summed E-state index contributed by atoms with van der Waals surface area (Å²) in [6.07, 6.45) is 4.95. The molecule has 4 rings (SSSR count). The van der Waals surface area contributed by atoms with Crippen LogP contribution in [0.25, 0.3) is 5.52 Å². The molecule has 1 aromatic carbocycles. The van der Waals surface area contributed by atoms with Gasteiger partial charge in [0.15, 0.2) is 5.69 Å². The zero-order valence-electron chi connectivity index (χ0n) is 16.9. The number of rotatable bonds is 4. The van der Waals surface area contributed by atoms with Crippen molar-refractivity contribution in [3.63, 3.8) is 0 Å². The molecule has 6 nitrogen and oxygen atoms in total. The van der Waals surface area contributed by atoms with Crippen LogP contribution < -0.4 is 5.32 Å². The van der Waals surface area contributed by atoms with E-state index in [0.29, 0.717) is 22.9 Å². The fourth-order valence-electron chi connectivity index (χ4n) is 3.74. The van der Waals surface area contributed by atoms with E-state index in [1.54, 1.807) is 10.6 Å². The van der Waals surface area contributed by atoms with E-state index in [2.05, 4.69) is 24.1 Å². The summed E-state index contributed by atoms with van der Waals surface area (Å²) in [5.41, 5.74) is 2.81. The zero-order chi connectivity index (χ0) is 20.4. The Morgan fingerprint density at radius 1 is 1.00 bits per heavy atom. The van der Waals surface area contributed by atoms with Crippen LogP contribution in [0, 0.1) is 0 Å². The highest BCUT2D eigenvalue weighted by Gasteiger charge is 2.26. The number of carbonyl (C=O) groups is 2. The molecular weight excluding hydrogens is 364 g/mol. The molecule has 2 amide bonds. The number of piperidine rings is 1. The number of imidazole rings is 1. The van der Waals surface area contributed by atoms with Gasteiger partial charge in [-0.25, -0.2) is 4.98 Å². The Hall–Kier alpha value is -3.15. The van der Waals surface area contributed by atoms with Gasteiger partial charge in [0.1, 0.15) is 0 Å². The van der Waals surface area contributed by atoms with Crippen molar-refractivity contribution in [1.82, 2.24) is 14.3 Å². The Morgan fingerprint density at radius 3 is 2.41 bits per heavy atom. The van der Waals surface area contributed by atoms with Crippen LogP contribution in [0.15, 0.2) is 48.7 Å². The van der Waals surface area contributed by atoms with E-state index in [1.807, 2.05) is 47.4 Å². The molecule has 1 aliphatic heterocycles. The molecule has 6 heteroatoms. The average Bonchev–Trinajstić information content (AvgIpc) is 3.14. The highest BCUT2D eigenvalue weighted by atomic mass is 16.2. The predicted molar refractivity (Wildman–Crippen MR) is 113 cm³/mol. The Bertz CT molecular complexity index is 1030. The molecule has 3 aromatic rings. The summed E-state index contributed by atoms with van der Waals surface area (Å²) in [5.74, 6) is 0.290. The number of pyridine rings is 1. The third-order valence-electron chi connectivity index (χ3n) is 5.43. The lowest BCUT2D eigenvalue weighted by Crippen LogP contribution is -2.36. The van der Waals surface area contributed by atoms with Crippen LogP contribution in [0.5, 0.6) is 0 Å². The number of aromatic nitrogens is 2. The molecule has 29 heavy (non-hydrogen) atoms. The third-order valence-corrected chi connectivity index (χ3v) is 5.43. The second kappa shape index (κ2) is 8.07. The van der Waals surface area contributed by atoms with E-state index >= 15 is 0 Å². The standard InChI is InChI=1S/C23H26N4O2/c1-16(2)17-9-11-18(12-10-17)24-22(28)20-19-8-4-7-15-27(19)21(25-20)23(29)26-13-5-3-6-14-26/h4,7-12,15-16H,3,5-6,13-14H2,1-2H3,(H,24,28). The van der Waals surface area contributed by atoms with Crippen molar-refractivity contribution in [3.8, 4) is 0 Å². The first-order valence-corrected chi connectivity index (χ1v) is 10.2. The van der Waals surface area contributed by atoms with E-state index in [1.165, 1.54) is 5.56 Å². The number of hydrogen-bond donors (Lipinski definition) is 1. The molecule has 0 saturated carbocycles. The highest BCUT2D eigenvalue weighted by Crippen LogP contribution is 2.20. The molecule has 3 heterocycles. The molecule has 150 valence electrons. The molecule has 2 aromatic heterocycles. The van der Waals surface area contributed by atoms with Crippen molar-refractivity contribution in [2.75, 3.05) is 18.4 Å². The number of hydrogen-bond acceptors (Lipinski definition) is 3. The number of likely N-dealkylation sites (tertiary alicyclic amines) is 1. The van der Waals surface area contributed by atoms with Crippen LogP contribution in [-0.2, 0) is 0 Å². The Morgan fingerprint density at radius 2 is 1.72 bits per heavy atom. The van der Waals surface area contributed by atoms with Crippen LogP contribution in [0.2, 0.25) is 0 Å². The summed E-state index contributed by atoms with van der Waals surface area (Å²) >= 11 is 0. The molecule has 0 aliphatic carbocycles. The molecule has 0 unspecified atom stereocenters. The van der Waals surface area contributed by atoms with Gasteiger partial charge in [-0.05, 0) is 55.0 Å². The Kier molecular flexibility index (Phi) is 5.34. The van der Waals surface area contributed by atoms with E-state index in [4.69, 9.17) is 0 Å². The molecule has 0 bridgehead atoms. The minimum atomic E-state index is -0.316. The van der Waals surface area contributed by atoms with Crippen molar-refractivity contribution in [2.45, 2.75) is 39.0 Å². The van der Waals surface area contributed by atoms with Gasteiger partial charge >= 0.3 is 0 Å². The first-order valence-electron chi connectivity index (χ1n) is 10.2. The number of carbonyl (C=O) groups excluding carboxylic acids is 2. The van der Waals surface area contributed by atoms with Crippen molar-refractivity contribution < 1.29 is 9.59 Å². The summed E-state index contributed by atoms with van der Waals surface area (Å²) < 4.78 is 1.72. The van der Waals surface area contributed by atoms with Crippen molar-refractivity contribution in [1.29, 1.82) is 0 Å². The molecule has 0 spiro atoms. The van der Waals surface area contributed by atoms with E-state index in [-0.39, 0.29) is 17.5 Å². The number of benzene rings is 1. The monoisotopic (exact) mass is 390 g/mol. The van der Waals surface area contributed by atoms with Gasteiger partial charge < -0.3 is 10.2 Å². The van der Waals surface area contributed by atoms with Crippen molar-refractivity contribution in [2.24, 2.45) is 0 Å². The van der Waals surface area contributed by atoms with E-state index < -0.39 is 0 Å². The van der Waals surface area contributed by atoms with Gasteiger partial charge in [-0.15, -0.1) is 0 Å². The van der Waals surface area contributed by atoms with Gasteiger partial charge in [-0.1, -0.05) is 32.0 Å². The molecular formula is C23H26N4O2. The fourth-order valence-corrected chi connectivity index (χ4v) is 3.74. The fraction of sp³-hybridized carbons (Fsp3) is 0.348. The number of nitrogens with one attached hydrogen (secondary N) is 1. The first kappa shape index (κ1) is 19.2. The lowest BCUT2D eigenvalue weighted by atomic mass is 10.0.